The number of benzene rings is 1. The number of rotatable bonds is 1. The van der Waals surface area contributed by atoms with Crippen LogP contribution in [0.5, 0.6) is 0 Å². The molecule has 22 heavy (non-hydrogen) atoms. The van der Waals surface area contributed by atoms with Gasteiger partial charge in [0.25, 0.3) is 5.91 Å². The maximum atomic E-state index is 12.7. The Bertz CT molecular complexity index is 644. The molecule has 1 heterocycles. The summed E-state index contributed by atoms with van der Waals surface area (Å²) < 4.78 is 0. The lowest BCUT2D eigenvalue weighted by atomic mass is 9.74. The summed E-state index contributed by atoms with van der Waals surface area (Å²) in [4.78, 5) is 12.7. The summed E-state index contributed by atoms with van der Waals surface area (Å²) in [6.07, 6.45) is 6.93. The molecule has 4 atom stereocenters. The Balaban J connectivity index is 1.77. The van der Waals surface area contributed by atoms with Crippen LogP contribution in [0, 0.1) is 24.7 Å². The van der Waals surface area contributed by atoms with Crippen LogP contribution < -0.4 is 5.32 Å². The number of carbonyl (C=O) groups is 1. The SMILES string of the molecule is Cc1ccc2c(c1Cl)NC(=O)C2(O)C1CCCCCC2CC21. The first-order valence-electron chi connectivity index (χ1n) is 8.37. The molecule has 1 amide bonds. The van der Waals surface area contributed by atoms with E-state index < -0.39 is 5.60 Å². The van der Waals surface area contributed by atoms with Crippen LogP contribution in [0.4, 0.5) is 5.69 Å². The highest BCUT2D eigenvalue weighted by molar-refractivity contribution is 6.35. The van der Waals surface area contributed by atoms with E-state index in [0.29, 0.717) is 28.1 Å². The smallest absolute Gasteiger partial charge is 0.261 e. The number of aliphatic hydroxyl groups is 1. The minimum absolute atomic E-state index is 0.0258. The maximum Gasteiger partial charge on any atom is 0.261 e. The molecule has 1 aliphatic heterocycles. The van der Waals surface area contributed by atoms with Crippen LogP contribution in [-0.4, -0.2) is 11.0 Å². The van der Waals surface area contributed by atoms with Gasteiger partial charge in [-0.25, -0.2) is 0 Å². The highest BCUT2D eigenvalue weighted by Crippen LogP contribution is 2.58. The maximum absolute atomic E-state index is 12.7. The van der Waals surface area contributed by atoms with E-state index >= 15 is 0 Å². The molecule has 0 saturated heterocycles. The molecular weight excluding hydrogens is 298 g/mol. The molecule has 4 unspecified atom stereocenters. The van der Waals surface area contributed by atoms with E-state index in [1.165, 1.54) is 19.3 Å². The highest BCUT2D eigenvalue weighted by atomic mass is 35.5. The second-order valence-corrected chi connectivity index (χ2v) is 7.62. The average Bonchev–Trinajstić information content (AvgIpc) is 3.15. The van der Waals surface area contributed by atoms with Gasteiger partial charge >= 0.3 is 0 Å². The van der Waals surface area contributed by atoms with Gasteiger partial charge in [0.1, 0.15) is 0 Å². The number of carbonyl (C=O) groups excluding carboxylic acids is 1. The van der Waals surface area contributed by atoms with E-state index in [4.69, 9.17) is 11.6 Å². The molecule has 3 nitrogen and oxygen atoms in total. The van der Waals surface area contributed by atoms with Gasteiger partial charge in [-0.1, -0.05) is 49.4 Å². The molecule has 0 radical (unpaired) electrons. The predicted octanol–water partition coefficient (Wildman–Crippen LogP) is 4.00. The topological polar surface area (TPSA) is 49.3 Å². The standard InChI is InChI=1S/C18H22ClNO2/c1-10-7-8-14-16(15(10)19)20-17(21)18(14,22)13-6-4-2-3-5-11-9-12(11)13/h7-8,11-13,22H,2-6,9H2,1H3,(H,20,21). The number of anilines is 1. The molecule has 2 aliphatic carbocycles. The normalized spacial score (nSPS) is 36.9. The summed E-state index contributed by atoms with van der Waals surface area (Å²) >= 11 is 6.35. The lowest BCUT2D eigenvalue weighted by Crippen LogP contribution is -2.43. The first-order valence-corrected chi connectivity index (χ1v) is 8.74. The van der Waals surface area contributed by atoms with Crippen molar-refractivity contribution in [3.8, 4) is 0 Å². The Morgan fingerprint density at radius 2 is 2.05 bits per heavy atom. The fraction of sp³-hybridized carbons (Fsp3) is 0.611. The van der Waals surface area contributed by atoms with Gasteiger partial charge in [0, 0.05) is 11.5 Å². The Hall–Kier alpha value is -1.06. The Kier molecular flexibility index (Phi) is 3.28. The number of nitrogens with one attached hydrogen (secondary N) is 1. The van der Waals surface area contributed by atoms with Crippen molar-refractivity contribution in [2.75, 3.05) is 5.32 Å². The van der Waals surface area contributed by atoms with E-state index in [1.807, 2.05) is 19.1 Å². The van der Waals surface area contributed by atoms with Gasteiger partial charge in [0.2, 0.25) is 0 Å². The number of fused-ring (bicyclic) bond motifs is 2. The minimum atomic E-state index is -1.40. The number of hydrogen-bond acceptors (Lipinski definition) is 2. The summed E-state index contributed by atoms with van der Waals surface area (Å²) in [6, 6.07) is 3.78. The molecule has 0 aromatic heterocycles. The molecule has 3 aliphatic rings. The Morgan fingerprint density at radius 3 is 2.86 bits per heavy atom. The van der Waals surface area contributed by atoms with E-state index in [-0.39, 0.29) is 11.8 Å². The molecular formula is C18H22ClNO2. The van der Waals surface area contributed by atoms with Crippen molar-refractivity contribution in [1.82, 2.24) is 0 Å². The Labute approximate surface area is 136 Å². The van der Waals surface area contributed by atoms with Crippen LogP contribution in [-0.2, 0) is 10.4 Å². The molecule has 2 fully saturated rings. The monoisotopic (exact) mass is 319 g/mol. The summed E-state index contributed by atoms with van der Waals surface area (Å²) in [7, 11) is 0. The number of amides is 1. The highest BCUT2D eigenvalue weighted by Gasteiger charge is 2.58. The van der Waals surface area contributed by atoms with Crippen molar-refractivity contribution in [1.29, 1.82) is 0 Å². The van der Waals surface area contributed by atoms with Crippen molar-refractivity contribution in [3.05, 3.63) is 28.3 Å². The number of hydrogen-bond donors (Lipinski definition) is 2. The van der Waals surface area contributed by atoms with Crippen LogP contribution in [0.3, 0.4) is 0 Å². The third kappa shape index (κ3) is 1.95. The second kappa shape index (κ2) is 4.97. The van der Waals surface area contributed by atoms with Crippen LogP contribution in [0.25, 0.3) is 0 Å². The third-order valence-corrected chi connectivity index (χ3v) is 6.44. The molecule has 0 bridgehead atoms. The quantitative estimate of drug-likeness (QED) is 0.822. The lowest BCUT2D eigenvalue weighted by Gasteiger charge is -2.33. The van der Waals surface area contributed by atoms with Gasteiger partial charge in [-0.05, 0) is 37.2 Å². The van der Waals surface area contributed by atoms with Crippen LogP contribution in [0.2, 0.25) is 5.02 Å². The van der Waals surface area contributed by atoms with Gasteiger partial charge in [-0.3, -0.25) is 4.79 Å². The molecule has 2 saturated carbocycles. The zero-order valence-electron chi connectivity index (χ0n) is 12.9. The zero-order valence-corrected chi connectivity index (χ0v) is 13.6. The molecule has 2 N–H and O–H groups in total. The van der Waals surface area contributed by atoms with E-state index in [1.54, 1.807) is 0 Å². The summed E-state index contributed by atoms with van der Waals surface area (Å²) in [5.74, 6) is 0.929. The van der Waals surface area contributed by atoms with Crippen molar-refractivity contribution < 1.29 is 9.90 Å². The van der Waals surface area contributed by atoms with E-state index in [9.17, 15) is 9.90 Å². The average molecular weight is 320 g/mol. The molecule has 4 rings (SSSR count). The molecule has 1 aromatic carbocycles. The van der Waals surface area contributed by atoms with E-state index in [0.717, 1.165) is 24.8 Å². The Morgan fingerprint density at radius 1 is 1.27 bits per heavy atom. The first-order chi connectivity index (χ1) is 10.5. The molecule has 4 heteroatoms. The van der Waals surface area contributed by atoms with Crippen LogP contribution in [0.1, 0.15) is 49.7 Å². The number of halogens is 1. The van der Waals surface area contributed by atoms with Crippen LogP contribution >= 0.6 is 11.6 Å². The predicted molar refractivity (Wildman–Crippen MR) is 86.9 cm³/mol. The van der Waals surface area contributed by atoms with Crippen molar-refractivity contribution in [3.63, 3.8) is 0 Å². The fourth-order valence-corrected chi connectivity index (χ4v) is 4.81. The summed E-state index contributed by atoms with van der Waals surface area (Å²) in [6.45, 7) is 1.92. The largest absolute Gasteiger partial charge is 0.375 e. The van der Waals surface area contributed by atoms with Gasteiger partial charge < -0.3 is 10.4 Å². The van der Waals surface area contributed by atoms with Crippen molar-refractivity contribution >= 4 is 23.2 Å². The van der Waals surface area contributed by atoms with Gasteiger partial charge in [-0.15, -0.1) is 0 Å². The molecule has 118 valence electrons. The van der Waals surface area contributed by atoms with Crippen molar-refractivity contribution in [2.45, 2.75) is 51.0 Å². The van der Waals surface area contributed by atoms with Crippen LogP contribution in [0.15, 0.2) is 12.1 Å². The lowest BCUT2D eigenvalue weighted by molar-refractivity contribution is -0.142. The van der Waals surface area contributed by atoms with Crippen molar-refractivity contribution in [2.24, 2.45) is 17.8 Å². The molecule has 0 spiro atoms. The summed E-state index contributed by atoms with van der Waals surface area (Å²) in [5.41, 5.74) is 0.827. The second-order valence-electron chi connectivity index (χ2n) is 7.24. The van der Waals surface area contributed by atoms with E-state index in [2.05, 4.69) is 5.32 Å². The van der Waals surface area contributed by atoms with Gasteiger partial charge in [0.05, 0.1) is 10.7 Å². The first kappa shape index (κ1) is 14.5. The fourth-order valence-electron chi connectivity index (χ4n) is 4.60. The minimum Gasteiger partial charge on any atom is -0.375 e. The zero-order chi connectivity index (χ0) is 15.5. The summed E-state index contributed by atoms with van der Waals surface area (Å²) in [5, 5.41) is 14.8. The third-order valence-electron chi connectivity index (χ3n) is 5.95. The molecule has 1 aromatic rings. The van der Waals surface area contributed by atoms with Gasteiger partial charge in [-0.2, -0.15) is 0 Å². The van der Waals surface area contributed by atoms with Gasteiger partial charge in [0.15, 0.2) is 5.60 Å². The number of aryl methyl sites for hydroxylation is 1.